The highest BCUT2D eigenvalue weighted by atomic mass is 19.4. The summed E-state index contributed by atoms with van der Waals surface area (Å²) in [6.45, 7) is 1.15. The lowest BCUT2D eigenvalue weighted by molar-refractivity contribution is -0.137. The molecule has 2 unspecified atom stereocenters. The third-order valence-electron chi connectivity index (χ3n) is 6.19. The minimum atomic E-state index is -4.49. The van der Waals surface area contributed by atoms with E-state index in [2.05, 4.69) is 15.6 Å². The first-order valence-electron chi connectivity index (χ1n) is 11.6. The lowest BCUT2D eigenvalue weighted by atomic mass is 9.88. The number of likely N-dealkylation sites (tertiary alicyclic amines) is 1. The van der Waals surface area contributed by atoms with Crippen LogP contribution in [0.4, 0.5) is 30.4 Å². The number of nitrogens with one attached hydrogen (secondary N) is 2. The Morgan fingerprint density at radius 1 is 1.03 bits per heavy atom. The first-order chi connectivity index (χ1) is 17.6. The van der Waals surface area contributed by atoms with Crippen LogP contribution in [0.3, 0.4) is 0 Å². The monoisotopic (exact) mass is 509 g/mol. The molecule has 0 aliphatic carbocycles. The van der Waals surface area contributed by atoms with Gasteiger partial charge >= 0.3 is 6.18 Å². The van der Waals surface area contributed by atoms with Gasteiger partial charge < -0.3 is 21.3 Å². The minimum absolute atomic E-state index is 0.0716. The maximum absolute atomic E-state index is 13.0. The van der Waals surface area contributed by atoms with Crippen molar-refractivity contribution in [2.45, 2.75) is 12.1 Å². The molecule has 1 aliphatic heterocycles. The minimum Gasteiger partial charge on any atom is -0.397 e. The number of rotatable bonds is 6. The number of alkyl halides is 3. The summed E-state index contributed by atoms with van der Waals surface area (Å²) in [5, 5.41) is 5.37. The van der Waals surface area contributed by atoms with Crippen LogP contribution < -0.4 is 16.4 Å². The van der Waals surface area contributed by atoms with Gasteiger partial charge in [0.2, 0.25) is 11.8 Å². The number of nitrogens with zero attached hydrogens (tertiary/aromatic N) is 2. The Morgan fingerprint density at radius 2 is 1.76 bits per heavy atom. The Bertz CT molecular complexity index is 1290. The molecule has 2 amide bonds. The molecule has 2 aromatic carbocycles. The van der Waals surface area contributed by atoms with Crippen molar-refractivity contribution in [3.8, 4) is 0 Å². The molecule has 1 aromatic heterocycles. The van der Waals surface area contributed by atoms with Crippen molar-refractivity contribution >= 4 is 35.1 Å². The summed E-state index contributed by atoms with van der Waals surface area (Å²) in [5.41, 5.74) is 7.73. The van der Waals surface area contributed by atoms with E-state index in [1.807, 2.05) is 36.2 Å². The second-order valence-electron chi connectivity index (χ2n) is 8.93. The van der Waals surface area contributed by atoms with Gasteiger partial charge in [0.05, 0.1) is 22.9 Å². The molecule has 1 aliphatic rings. The van der Waals surface area contributed by atoms with Crippen LogP contribution in [-0.4, -0.2) is 41.8 Å². The number of hydrogen-bond donors (Lipinski definition) is 3. The molecule has 37 heavy (non-hydrogen) atoms. The number of likely N-dealkylation sites (N-methyl/N-ethyl adjacent to an activating group) is 1. The fourth-order valence-corrected chi connectivity index (χ4v) is 4.27. The average molecular weight is 510 g/mol. The number of nitrogen functional groups attached to an aromatic ring is 1. The molecule has 7 nitrogen and oxygen atoms in total. The summed E-state index contributed by atoms with van der Waals surface area (Å²) in [4.78, 5) is 31.0. The van der Waals surface area contributed by atoms with Crippen LogP contribution in [0, 0.1) is 5.92 Å². The smallest absolute Gasteiger partial charge is 0.397 e. The second kappa shape index (κ2) is 10.8. The van der Waals surface area contributed by atoms with Gasteiger partial charge in [-0.05, 0) is 48.5 Å². The standard InChI is InChI=1S/C27H26F3N5O2/c1-35-15-20(21(16-35)26(37)34-24-12-11-19(14-32-24)27(28,29)30)18-9-6-17(7-10-18)8-13-25(36)33-23-5-3-2-4-22(23)31/h2-14,20-21H,15-16,31H2,1H3,(H,33,36)(H,32,34,37)/b13-8+. The van der Waals surface area contributed by atoms with Gasteiger partial charge in [-0.1, -0.05) is 36.4 Å². The van der Waals surface area contributed by atoms with Crippen molar-refractivity contribution < 1.29 is 22.8 Å². The zero-order valence-electron chi connectivity index (χ0n) is 20.0. The molecule has 4 rings (SSSR count). The topological polar surface area (TPSA) is 100 Å². The second-order valence-corrected chi connectivity index (χ2v) is 8.93. The zero-order chi connectivity index (χ0) is 26.6. The van der Waals surface area contributed by atoms with Gasteiger partial charge in [-0.15, -0.1) is 0 Å². The van der Waals surface area contributed by atoms with Gasteiger partial charge in [-0.25, -0.2) is 4.98 Å². The number of hydrogen-bond acceptors (Lipinski definition) is 5. The maximum Gasteiger partial charge on any atom is 0.417 e. The zero-order valence-corrected chi connectivity index (χ0v) is 20.0. The first kappa shape index (κ1) is 25.9. The summed E-state index contributed by atoms with van der Waals surface area (Å²) in [5.74, 6) is -1.06. The normalized spacial score (nSPS) is 18.2. The summed E-state index contributed by atoms with van der Waals surface area (Å²) >= 11 is 0. The van der Waals surface area contributed by atoms with E-state index in [1.165, 1.54) is 6.08 Å². The number of anilines is 3. The van der Waals surface area contributed by atoms with E-state index in [1.54, 1.807) is 30.3 Å². The lowest BCUT2D eigenvalue weighted by Gasteiger charge is -2.18. The quantitative estimate of drug-likeness (QED) is 0.333. The van der Waals surface area contributed by atoms with Gasteiger partial charge in [0.1, 0.15) is 5.82 Å². The van der Waals surface area contributed by atoms with Crippen molar-refractivity contribution in [3.63, 3.8) is 0 Å². The van der Waals surface area contributed by atoms with Crippen LogP contribution in [0.5, 0.6) is 0 Å². The van der Waals surface area contributed by atoms with E-state index < -0.39 is 17.7 Å². The van der Waals surface area contributed by atoms with Crippen LogP contribution in [0.15, 0.2) is 72.9 Å². The fourth-order valence-electron chi connectivity index (χ4n) is 4.27. The van der Waals surface area contributed by atoms with E-state index >= 15 is 0 Å². The highest BCUT2D eigenvalue weighted by Crippen LogP contribution is 2.33. The van der Waals surface area contributed by atoms with Gasteiger partial charge in [0.15, 0.2) is 0 Å². The number of nitrogens with two attached hydrogens (primary N) is 1. The van der Waals surface area contributed by atoms with E-state index in [0.29, 0.717) is 30.7 Å². The van der Waals surface area contributed by atoms with E-state index in [9.17, 15) is 22.8 Å². The van der Waals surface area contributed by atoms with Gasteiger partial charge in [-0.3, -0.25) is 9.59 Å². The average Bonchev–Trinajstić information content (AvgIpc) is 3.26. The van der Waals surface area contributed by atoms with Crippen LogP contribution in [0.2, 0.25) is 0 Å². The highest BCUT2D eigenvalue weighted by molar-refractivity contribution is 6.03. The number of halogens is 3. The molecule has 4 N–H and O–H groups in total. The highest BCUT2D eigenvalue weighted by Gasteiger charge is 2.37. The van der Waals surface area contributed by atoms with Crippen LogP contribution >= 0.6 is 0 Å². The molecule has 192 valence electrons. The summed E-state index contributed by atoms with van der Waals surface area (Å²) in [6.07, 6.45) is -0.692. The Labute approximate surface area is 212 Å². The SMILES string of the molecule is CN1CC(C(=O)Nc2ccc(C(F)(F)F)cn2)C(c2ccc(/C=C/C(=O)Nc3ccccc3N)cc2)C1. The van der Waals surface area contributed by atoms with Crippen LogP contribution in [-0.2, 0) is 15.8 Å². The van der Waals surface area contributed by atoms with Gasteiger partial charge in [0.25, 0.3) is 0 Å². The lowest BCUT2D eigenvalue weighted by Crippen LogP contribution is -2.28. The Kier molecular flexibility index (Phi) is 7.58. The van der Waals surface area contributed by atoms with Gasteiger partial charge in [-0.2, -0.15) is 13.2 Å². The number of para-hydroxylation sites is 2. The van der Waals surface area contributed by atoms with E-state index in [-0.39, 0.29) is 23.6 Å². The molecule has 0 saturated carbocycles. The number of amides is 2. The Balaban J connectivity index is 1.40. The number of pyridine rings is 1. The van der Waals surface area contributed by atoms with Crippen molar-refractivity contribution in [1.29, 1.82) is 0 Å². The van der Waals surface area contributed by atoms with Crippen molar-refractivity contribution in [1.82, 2.24) is 9.88 Å². The predicted molar refractivity (Wildman–Crippen MR) is 137 cm³/mol. The Morgan fingerprint density at radius 3 is 2.41 bits per heavy atom. The largest absolute Gasteiger partial charge is 0.417 e. The molecule has 0 radical (unpaired) electrons. The summed E-state index contributed by atoms with van der Waals surface area (Å²) < 4.78 is 38.3. The molecule has 0 bridgehead atoms. The molecular weight excluding hydrogens is 483 g/mol. The van der Waals surface area contributed by atoms with Crippen molar-refractivity contribution in [3.05, 3.63) is 89.6 Å². The van der Waals surface area contributed by atoms with Crippen LogP contribution in [0.25, 0.3) is 6.08 Å². The molecule has 2 heterocycles. The van der Waals surface area contributed by atoms with Crippen molar-refractivity contribution in [2.24, 2.45) is 5.92 Å². The van der Waals surface area contributed by atoms with E-state index in [0.717, 1.165) is 23.3 Å². The number of carbonyl (C=O) groups excluding carboxylic acids is 2. The van der Waals surface area contributed by atoms with Crippen LogP contribution in [0.1, 0.15) is 22.6 Å². The predicted octanol–water partition coefficient (Wildman–Crippen LogP) is 4.62. The van der Waals surface area contributed by atoms with Gasteiger partial charge in [0, 0.05) is 31.3 Å². The first-order valence-corrected chi connectivity index (χ1v) is 11.6. The number of benzene rings is 2. The van der Waals surface area contributed by atoms with Crippen molar-refractivity contribution in [2.75, 3.05) is 36.5 Å². The molecule has 3 aromatic rings. The molecule has 1 fully saturated rings. The molecular formula is C27H26F3N5O2. The summed E-state index contributed by atoms with van der Waals surface area (Å²) in [6, 6.07) is 16.6. The fraction of sp³-hybridized carbons (Fsp3) is 0.222. The maximum atomic E-state index is 13.0. The molecule has 10 heteroatoms. The third kappa shape index (κ3) is 6.53. The van der Waals surface area contributed by atoms with E-state index in [4.69, 9.17) is 5.73 Å². The molecule has 1 saturated heterocycles. The molecule has 2 atom stereocenters. The summed E-state index contributed by atoms with van der Waals surface area (Å²) in [7, 11) is 1.91. The molecule has 0 spiro atoms. The number of carbonyl (C=O) groups is 2. The third-order valence-corrected chi connectivity index (χ3v) is 6.19. The Hall–Kier alpha value is -4.18. The number of aromatic nitrogens is 1.